The Balaban J connectivity index is 1.92. The molecule has 1 aliphatic rings. The summed E-state index contributed by atoms with van der Waals surface area (Å²) < 4.78 is 5.26. The molecule has 3 rings (SSSR count). The summed E-state index contributed by atoms with van der Waals surface area (Å²) in [5, 5.41) is -0.110. The van der Waals surface area contributed by atoms with E-state index in [4.69, 9.17) is 16.3 Å². The molecule has 0 spiro atoms. The first-order valence-electron chi connectivity index (χ1n) is 6.67. The van der Waals surface area contributed by atoms with Crippen LogP contribution in [-0.4, -0.2) is 7.11 Å². The van der Waals surface area contributed by atoms with Crippen molar-refractivity contribution in [3.63, 3.8) is 0 Å². The van der Waals surface area contributed by atoms with Gasteiger partial charge in [0.2, 0.25) is 0 Å². The first-order chi connectivity index (χ1) is 9.28. The molecule has 1 nitrogen and oxygen atoms in total. The molecule has 2 aromatic rings. The lowest BCUT2D eigenvalue weighted by Gasteiger charge is -2.13. The Morgan fingerprint density at radius 1 is 1.00 bits per heavy atom. The highest BCUT2D eigenvalue weighted by Crippen LogP contribution is 2.33. The Kier molecular flexibility index (Phi) is 3.48. The lowest BCUT2D eigenvalue weighted by molar-refractivity contribution is 0.414. The number of hydrogen-bond acceptors (Lipinski definition) is 1. The van der Waals surface area contributed by atoms with Crippen LogP contribution in [0.2, 0.25) is 0 Å². The number of methoxy groups -OCH3 is 1. The fourth-order valence-electron chi connectivity index (χ4n) is 2.74. The van der Waals surface area contributed by atoms with Gasteiger partial charge in [-0.15, -0.1) is 11.6 Å². The first kappa shape index (κ1) is 12.6. The van der Waals surface area contributed by atoms with Gasteiger partial charge in [0.15, 0.2) is 0 Å². The number of rotatable bonds is 3. The average molecular weight is 273 g/mol. The number of fused-ring (bicyclic) bond motifs is 1. The lowest BCUT2D eigenvalue weighted by atomic mass is 10.00. The Hall–Kier alpha value is -1.47. The summed E-state index contributed by atoms with van der Waals surface area (Å²) in [6.07, 6.45) is 3.66. The van der Waals surface area contributed by atoms with Crippen LogP contribution in [0.15, 0.2) is 42.5 Å². The highest BCUT2D eigenvalue weighted by atomic mass is 35.5. The molecule has 2 heteroatoms. The quantitative estimate of drug-likeness (QED) is 0.747. The van der Waals surface area contributed by atoms with E-state index in [1.54, 1.807) is 7.11 Å². The van der Waals surface area contributed by atoms with E-state index in [0.29, 0.717) is 0 Å². The molecule has 0 bridgehead atoms. The van der Waals surface area contributed by atoms with Crippen LogP contribution >= 0.6 is 11.6 Å². The number of ether oxygens (including phenoxy) is 1. The molecule has 1 atom stereocenters. The van der Waals surface area contributed by atoms with Gasteiger partial charge in [-0.25, -0.2) is 0 Å². The first-order valence-corrected chi connectivity index (χ1v) is 7.11. The van der Waals surface area contributed by atoms with Gasteiger partial charge in [-0.3, -0.25) is 0 Å². The highest BCUT2D eigenvalue weighted by molar-refractivity contribution is 6.22. The molecule has 0 heterocycles. The van der Waals surface area contributed by atoms with Crippen molar-refractivity contribution in [2.45, 2.75) is 24.6 Å². The summed E-state index contributed by atoms with van der Waals surface area (Å²) in [6, 6.07) is 14.6. The average Bonchev–Trinajstić information content (AvgIpc) is 2.94. The molecule has 0 radical (unpaired) electrons. The number of benzene rings is 2. The molecule has 0 fully saturated rings. The highest BCUT2D eigenvalue weighted by Gasteiger charge is 2.16. The maximum atomic E-state index is 6.61. The van der Waals surface area contributed by atoms with Gasteiger partial charge in [-0.1, -0.05) is 30.3 Å². The molecule has 0 aromatic heterocycles. The minimum atomic E-state index is -0.110. The summed E-state index contributed by atoms with van der Waals surface area (Å²) in [7, 11) is 1.68. The number of hydrogen-bond donors (Lipinski definition) is 0. The van der Waals surface area contributed by atoms with Crippen LogP contribution in [0.5, 0.6) is 5.75 Å². The number of alkyl halides is 1. The Labute approximate surface area is 119 Å². The zero-order valence-electron chi connectivity index (χ0n) is 11.0. The summed E-state index contributed by atoms with van der Waals surface area (Å²) in [5.41, 5.74) is 5.21. The second-order valence-corrected chi connectivity index (χ2v) is 5.46. The van der Waals surface area contributed by atoms with Crippen molar-refractivity contribution in [1.82, 2.24) is 0 Å². The topological polar surface area (TPSA) is 9.23 Å². The fourth-order valence-corrected chi connectivity index (χ4v) is 3.01. The van der Waals surface area contributed by atoms with Gasteiger partial charge in [0.25, 0.3) is 0 Å². The van der Waals surface area contributed by atoms with Crippen LogP contribution < -0.4 is 4.74 Å². The zero-order valence-corrected chi connectivity index (χ0v) is 11.8. The van der Waals surface area contributed by atoms with Crippen molar-refractivity contribution < 1.29 is 4.74 Å². The molecule has 0 amide bonds. The maximum absolute atomic E-state index is 6.61. The number of aryl methyl sites for hydroxylation is 2. The van der Waals surface area contributed by atoms with Crippen molar-refractivity contribution in [2.24, 2.45) is 0 Å². The van der Waals surface area contributed by atoms with Crippen LogP contribution in [0.1, 0.15) is 34.1 Å². The number of halogens is 1. The lowest BCUT2D eigenvalue weighted by Crippen LogP contribution is -1.96. The molecule has 98 valence electrons. The molecule has 0 saturated heterocycles. The van der Waals surface area contributed by atoms with E-state index in [2.05, 4.69) is 18.2 Å². The predicted octanol–water partition coefficient (Wildman–Crippen LogP) is 4.51. The normalized spacial score (nSPS) is 15.1. The molecule has 1 aliphatic carbocycles. The fraction of sp³-hybridized carbons (Fsp3) is 0.294. The van der Waals surface area contributed by atoms with Gasteiger partial charge >= 0.3 is 0 Å². The smallest absolute Gasteiger partial charge is 0.119 e. The standard InChI is InChI=1S/C17H17ClO/c1-19-16-7-3-6-14(11-16)17(18)15-9-8-12-4-2-5-13(12)10-15/h3,6-11,17H,2,4-5H2,1H3. The third-order valence-electron chi connectivity index (χ3n) is 3.80. The summed E-state index contributed by atoms with van der Waals surface area (Å²) in [4.78, 5) is 0. The van der Waals surface area contributed by atoms with Crippen LogP contribution in [0.25, 0.3) is 0 Å². The van der Waals surface area contributed by atoms with E-state index in [9.17, 15) is 0 Å². The maximum Gasteiger partial charge on any atom is 0.119 e. The molecule has 0 aliphatic heterocycles. The Morgan fingerprint density at radius 2 is 1.79 bits per heavy atom. The molecule has 0 saturated carbocycles. The third kappa shape index (κ3) is 2.48. The van der Waals surface area contributed by atoms with Gasteiger partial charge in [0.1, 0.15) is 5.75 Å². The minimum Gasteiger partial charge on any atom is -0.497 e. The predicted molar refractivity (Wildman–Crippen MR) is 79.2 cm³/mol. The van der Waals surface area contributed by atoms with E-state index in [-0.39, 0.29) is 5.38 Å². The van der Waals surface area contributed by atoms with Gasteiger partial charge in [0.05, 0.1) is 12.5 Å². The molecule has 2 aromatic carbocycles. The van der Waals surface area contributed by atoms with Gasteiger partial charge in [-0.05, 0) is 53.6 Å². The molecular formula is C17H17ClO. The van der Waals surface area contributed by atoms with Crippen molar-refractivity contribution >= 4 is 11.6 Å². The summed E-state index contributed by atoms with van der Waals surface area (Å²) in [5.74, 6) is 0.851. The van der Waals surface area contributed by atoms with Crippen LogP contribution in [0, 0.1) is 0 Å². The van der Waals surface area contributed by atoms with E-state index in [1.165, 1.54) is 36.0 Å². The Bertz CT molecular complexity index is 592. The largest absolute Gasteiger partial charge is 0.497 e. The monoisotopic (exact) mass is 272 g/mol. The molecule has 0 N–H and O–H groups in total. The molecule has 19 heavy (non-hydrogen) atoms. The minimum absolute atomic E-state index is 0.110. The zero-order chi connectivity index (χ0) is 13.2. The molecule has 1 unspecified atom stereocenters. The van der Waals surface area contributed by atoms with Crippen molar-refractivity contribution in [1.29, 1.82) is 0 Å². The van der Waals surface area contributed by atoms with Crippen LogP contribution in [0.4, 0.5) is 0 Å². The van der Waals surface area contributed by atoms with Crippen molar-refractivity contribution in [2.75, 3.05) is 7.11 Å². The Morgan fingerprint density at radius 3 is 2.63 bits per heavy atom. The second kappa shape index (κ2) is 5.26. The van der Waals surface area contributed by atoms with Gasteiger partial charge in [-0.2, -0.15) is 0 Å². The van der Waals surface area contributed by atoms with E-state index >= 15 is 0 Å². The van der Waals surface area contributed by atoms with E-state index in [0.717, 1.165) is 11.3 Å². The second-order valence-electron chi connectivity index (χ2n) is 5.02. The van der Waals surface area contributed by atoms with Gasteiger partial charge in [0, 0.05) is 0 Å². The van der Waals surface area contributed by atoms with Crippen LogP contribution in [-0.2, 0) is 12.8 Å². The van der Waals surface area contributed by atoms with E-state index < -0.39 is 0 Å². The van der Waals surface area contributed by atoms with Crippen molar-refractivity contribution in [3.8, 4) is 5.75 Å². The van der Waals surface area contributed by atoms with Gasteiger partial charge < -0.3 is 4.74 Å². The third-order valence-corrected chi connectivity index (χ3v) is 4.31. The van der Waals surface area contributed by atoms with E-state index in [1.807, 2.05) is 24.3 Å². The SMILES string of the molecule is COc1cccc(C(Cl)c2ccc3c(c2)CCC3)c1. The van der Waals surface area contributed by atoms with Crippen molar-refractivity contribution in [3.05, 3.63) is 64.7 Å². The van der Waals surface area contributed by atoms with Crippen LogP contribution in [0.3, 0.4) is 0 Å². The molecular weight excluding hydrogens is 256 g/mol. The summed E-state index contributed by atoms with van der Waals surface area (Å²) >= 11 is 6.61. The summed E-state index contributed by atoms with van der Waals surface area (Å²) in [6.45, 7) is 0.